The Morgan fingerprint density at radius 1 is 1.15 bits per heavy atom. The largest absolute Gasteiger partial charge is 0.440 e. The number of hydrogen-bond donors (Lipinski definition) is 1. The number of anilines is 1. The van der Waals surface area contributed by atoms with Crippen LogP contribution in [-0.2, 0) is 6.18 Å². The van der Waals surface area contributed by atoms with Crippen LogP contribution in [0.4, 0.5) is 18.9 Å². The number of hydrogen-bond acceptors (Lipinski definition) is 2. The van der Waals surface area contributed by atoms with E-state index in [1.54, 1.807) is 0 Å². The molecule has 0 radical (unpaired) electrons. The number of halogens is 5. The third-order valence-electron chi connectivity index (χ3n) is 2.34. The lowest BCUT2D eigenvalue weighted by molar-refractivity contribution is -0.137. The van der Waals surface area contributed by atoms with Gasteiger partial charge in [0, 0.05) is 0 Å². The van der Waals surface area contributed by atoms with Crippen LogP contribution in [0.1, 0.15) is 16.1 Å². The molecule has 1 aromatic carbocycles. The highest BCUT2D eigenvalue weighted by Gasteiger charge is 2.31. The molecule has 0 saturated heterocycles. The molecule has 0 spiro atoms. The first-order valence-corrected chi connectivity index (χ1v) is 5.96. The zero-order valence-electron chi connectivity index (χ0n) is 9.59. The van der Waals surface area contributed by atoms with Crippen LogP contribution in [0.2, 0.25) is 10.2 Å². The number of carbonyl (C=O) groups is 1. The molecule has 1 aromatic heterocycles. The van der Waals surface area contributed by atoms with E-state index in [0.29, 0.717) is 0 Å². The number of carbonyl (C=O) groups excluding carboxylic acids is 1. The van der Waals surface area contributed by atoms with Crippen LogP contribution < -0.4 is 5.32 Å². The summed E-state index contributed by atoms with van der Waals surface area (Å²) in [5, 5.41) is 2.12. The van der Waals surface area contributed by atoms with Gasteiger partial charge in [0.1, 0.15) is 0 Å². The summed E-state index contributed by atoms with van der Waals surface area (Å²) in [6.45, 7) is 0. The number of benzene rings is 1. The topological polar surface area (TPSA) is 42.2 Å². The van der Waals surface area contributed by atoms with Gasteiger partial charge in [-0.15, -0.1) is 0 Å². The van der Waals surface area contributed by atoms with Crippen LogP contribution in [0.25, 0.3) is 0 Å². The molecule has 0 aliphatic rings. The Labute approximate surface area is 121 Å². The summed E-state index contributed by atoms with van der Waals surface area (Å²) in [5.41, 5.74) is -0.862. The number of alkyl halides is 3. The lowest BCUT2D eigenvalue weighted by atomic mass is 10.2. The van der Waals surface area contributed by atoms with Crippen LogP contribution in [-0.4, -0.2) is 5.91 Å². The van der Waals surface area contributed by atoms with E-state index < -0.39 is 17.6 Å². The minimum absolute atomic E-state index is 0.0219. The van der Waals surface area contributed by atoms with E-state index in [1.165, 1.54) is 12.1 Å². The van der Waals surface area contributed by atoms with E-state index in [0.717, 1.165) is 18.2 Å². The minimum Gasteiger partial charge on any atom is -0.440 e. The summed E-state index contributed by atoms with van der Waals surface area (Å²) < 4.78 is 42.2. The van der Waals surface area contributed by atoms with Gasteiger partial charge in [0.25, 0.3) is 5.91 Å². The van der Waals surface area contributed by atoms with Gasteiger partial charge in [-0.2, -0.15) is 13.2 Å². The van der Waals surface area contributed by atoms with Gasteiger partial charge in [0.05, 0.1) is 16.3 Å². The van der Waals surface area contributed by atoms with Gasteiger partial charge in [-0.3, -0.25) is 4.79 Å². The summed E-state index contributed by atoms with van der Waals surface area (Å²) in [5.74, 6) is -0.746. The fourth-order valence-electron chi connectivity index (χ4n) is 1.41. The lowest BCUT2D eigenvalue weighted by Gasteiger charge is -2.10. The standard InChI is InChI=1S/C12H6Cl2F3NO2/c13-7-5-6(12(15,16)17)1-2-8(7)18-11(19)9-3-4-10(14)20-9/h1-5H,(H,18,19). The predicted molar refractivity (Wildman–Crippen MR) is 68.1 cm³/mol. The van der Waals surface area contributed by atoms with Crippen molar-refractivity contribution < 1.29 is 22.4 Å². The fourth-order valence-corrected chi connectivity index (χ4v) is 1.79. The van der Waals surface area contributed by atoms with Crippen molar-refractivity contribution in [2.75, 3.05) is 5.32 Å². The molecule has 8 heteroatoms. The molecule has 0 fully saturated rings. The van der Waals surface area contributed by atoms with Gasteiger partial charge in [0.2, 0.25) is 0 Å². The van der Waals surface area contributed by atoms with Crippen LogP contribution in [0.3, 0.4) is 0 Å². The number of amides is 1. The molecule has 0 atom stereocenters. The van der Waals surface area contributed by atoms with Crippen LogP contribution in [0.15, 0.2) is 34.7 Å². The number of rotatable bonds is 2. The molecule has 1 N–H and O–H groups in total. The first-order valence-electron chi connectivity index (χ1n) is 5.21. The first-order chi connectivity index (χ1) is 9.27. The Morgan fingerprint density at radius 2 is 1.85 bits per heavy atom. The maximum atomic E-state index is 12.5. The summed E-state index contributed by atoms with van der Waals surface area (Å²) in [6, 6.07) is 5.30. The molecule has 0 aliphatic carbocycles. The fraction of sp³-hybridized carbons (Fsp3) is 0.0833. The molecule has 106 valence electrons. The Bertz CT molecular complexity index is 652. The second-order valence-corrected chi connectivity index (χ2v) is 4.53. The maximum absolute atomic E-state index is 12.5. The van der Waals surface area contributed by atoms with Crippen molar-refractivity contribution in [3.05, 3.63) is 51.9 Å². The molecule has 1 heterocycles. The molecule has 3 nitrogen and oxygen atoms in total. The van der Waals surface area contributed by atoms with Crippen molar-refractivity contribution in [1.82, 2.24) is 0 Å². The van der Waals surface area contributed by atoms with E-state index >= 15 is 0 Å². The number of nitrogens with one attached hydrogen (secondary N) is 1. The molecule has 0 saturated carbocycles. The SMILES string of the molecule is O=C(Nc1ccc(C(F)(F)F)cc1Cl)c1ccc(Cl)o1. The molecule has 0 bridgehead atoms. The first kappa shape index (κ1) is 14.7. The van der Waals surface area contributed by atoms with Crippen LogP contribution >= 0.6 is 23.2 Å². The summed E-state index contributed by atoms with van der Waals surface area (Å²) in [6.07, 6.45) is -4.50. The average Bonchev–Trinajstić information content (AvgIpc) is 2.77. The Hall–Kier alpha value is -1.66. The van der Waals surface area contributed by atoms with E-state index in [2.05, 4.69) is 5.32 Å². The Balaban J connectivity index is 2.20. The quantitative estimate of drug-likeness (QED) is 0.857. The van der Waals surface area contributed by atoms with Crippen molar-refractivity contribution >= 4 is 34.8 Å². The van der Waals surface area contributed by atoms with Crippen LogP contribution in [0.5, 0.6) is 0 Å². The summed E-state index contributed by atoms with van der Waals surface area (Å²) >= 11 is 11.2. The molecule has 20 heavy (non-hydrogen) atoms. The van der Waals surface area contributed by atoms with Crippen molar-refractivity contribution in [3.63, 3.8) is 0 Å². The maximum Gasteiger partial charge on any atom is 0.416 e. The molecular weight excluding hydrogens is 318 g/mol. The van der Waals surface area contributed by atoms with E-state index in [-0.39, 0.29) is 21.7 Å². The predicted octanol–water partition coefficient (Wildman–Crippen LogP) is 4.86. The summed E-state index contributed by atoms with van der Waals surface area (Å²) in [4.78, 5) is 11.7. The normalized spacial score (nSPS) is 11.4. The van der Waals surface area contributed by atoms with Crippen molar-refractivity contribution in [1.29, 1.82) is 0 Å². The highest BCUT2D eigenvalue weighted by atomic mass is 35.5. The highest BCUT2D eigenvalue weighted by Crippen LogP contribution is 2.33. The second-order valence-electron chi connectivity index (χ2n) is 3.75. The van der Waals surface area contributed by atoms with Crippen molar-refractivity contribution in [3.8, 4) is 0 Å². The van der Waals surface area contributed by atoms with Gasteiger partial charge in [-0.25, -0.2) is 0 Å². The molecule has 0 aliphatic heterocycles. The molecule has 2 aromatic rings. The van der Waals surface area contributed by atoms with Gasteiger partial charge < -0.3 is 9.73 Å². The smallest absolute Gasteiger partial charge is 0.416 e. The van der Waals surface area contributed by atoms with E-state index in [4.69, 9.17) is 27.6 Å². The van der Waals surface area contributed by atoms with Gasteiger partial charge in [-0.05, 0) is 41.9 Å². The van der Waals surface area contributed by atoms with Gasteiger partial charge in [0.15, 0.2) is 11.0 Å². The Morgan fingerprint density at radius 3 is 2.35 bits per heavy atom. The van der Waals surface area contributed by atoms with Crippen molar-refractivity contribution in [2.45, 2.75) is 6.18 Å². The average molecular weight is 324 g/mol. The second kappa shape index (κ2) is 5.38. The van der Waals surface area contributed by atoms with Crippen LogP contribution in [0, 0.1) is 0 Å². The summed E-state index contributed by atoms with van der Waals surface area (Å²) in [7, 11) is 0. The van der Waals surface area contributed by atoms with E-state index in [9.17, 15) is 18.0 Å². The third-order valence-corrected chi connectivity index (χ3v) is 2.86. The van der Waals surface area contributed by atoms with E-state index in [1.807, 2.05) is 0 Å². The molecule has 0 unspecified atom stereocenters. The highest BCUT2D eigenvalue weighted by molar-refractivity contribution is 6.34. The molecular formula is C12H6Cl2F3NO2. The van der Waals surface area contributed by atoms with Gasteiger partial charge in [-0.1, -0.05) is 11.6 Å². The van der Waals surface area contributed by atoms with Crippen molar-refractivity contribution in [2.24, 2.45) is 0 Å². The minimum atomic E-state index is -4.50. The zero-order chi connectivity index (χ0) is 14.9. The molecule has 2 rings (SSSR count). The lowest BCUT2D eigenvalue weighted by Crippen LogP contribution is -2.12. The zero-order valence-corrected chi connectivity index (χ0v) is 11.1. The van der Waals surface area contributed by atoms with Gasteiger partial charge >= 0.3 is 6.18 Å². The molecule has 1 amide bonds. The monoisotopic (exact) mass is 323 g/mol. The third kappa shape index (κ3) is 3.26. The number of furan rings is 1. The Kier molecular flexibility index (Phi) is 3.96.